The fourth-order valence-electron chi connectivity index (χ4n) is 2.13. The molecule has 0 bridgehead atoms. The summed E-state index contributed by atoms with van der Waals surface area (Å²) in [6, 6.07) is 9.81. The quantitative estimate of drug-likeness (QED) is 0.774. The standard InChI is InChI=1S/C14H13BrN4O/c1-19(13-5-3-10(15)7-16-13)8-9-2-4-11-12(6-9)18-14(20)17-11/h2-7H,8H2,1H3,(H2,17,18,20). The Bertz CT molecular complexity index is 791. The summed E-state index contributed by atoms with van der Waals surface area (Å²) in [6.07, 6.45) is 1.78. The summed E-state index contributed by atoms with van der Waals surface area (Å²) in [6.45, 7) is 0.720. The fraction of sp³-hybridized carbons (Fsp3) is 0.143. The van der Waals surface area contributed by atoms with Crippen molar-refractivity contribution in [2.75, 3.05) is 11.9 Å². The van der Waals surface area contributed by atoms with Gasteiger partial charge in [-0.3, -0.25) is 0 Å². The summed E-state index contributed by atoms with van der Waals surface area (Å²) in [5.74, 6) is 0.899. The Hall–Kier alpha value is -2.08. The Morgan fingerprint density at radius 2 is 2.00 bits per heavy atom. The Morgan fingerprint density at radius 3 is 2.75 bits per heavy atom. The molecule has 0 atom stereocenters. The van der Waals surface area contributed by atoms with Crippen LogP contribution in [0.15, 0.2) is 45.8 Å². The van der Waals surface area contributed by atoms with E-state index in [-0.39, 0.29) is 5.69 Å². The van der Waals surface area contributed by atoms with Gasteiger partial charge in [0.1, 0.15) is 5.82 Å². The zero-order valence-corrected chi connectivity index (χ0v) is 12.4. The molecule has 0 aliphatic carbocycles. The highest BCUT2D eigenvalue weighted by molar-refractivity contribution is 9.10. The average Bonchev–Trinajstić information content (AvgIpc) is 2.78. The first-order valence-electron chi connectivity index (χ1n) is 6.15. The second-order valence-electron chi connectivity index (χ2n) is 4.65. The molecule has 0 spiro atoms. The monoisotopic (exact) mass is 332 g/mol. The van der Waals surface area contributed by atoms with Gasteiger partial charge in [-0.25, -0.2) is 9.78 Å². The fourth-order valence-corrected chi connectivity index (χ4v) is 2.36. The van der Waals surface area contributed by atoms with Gasteiger partial charge in [0.25, 0.3) is 0 Å². The number of benzene rings is 1. The van der Waals surface area contributed by atoms with Crippen molar-refractivity contribution in [1.29, 1.82) is 0 Å². The number of rotatable bonds is 3. The molecule has 1 aromatic carbocycles. The van der Waals surface area contributed by atoms with Gasteiger partial charge in [-0.05, 0) is 45.8 Å². The number of hydrogen-bond acceptors (Lipinski definition) is 3. The zero-order valence-electron chi connectivity index (χ0n) is 10.9. The molecule has 0 amide bonds. The van der Waals surface area contributed by atoms with Crippen molar-refractivity contribution in [3.8, 4) is 0 Å². The molecule has 2 N–H and O–H groups in total. The zero-order chi connectivity index (χ0) is 14.1. The number of imidazole rings is 1. The van der Waals surface area contributed by atoms with Crippen LogP contribution in [0.1, 0.15) is 5.56 Å². The summed E-state index contributed by atoms with van der Waals surface area (Å²) in [7, 11) is 1.99. The van der Waals surface area contributed by atoms with Gasteiger partial charge in [-0.1, -0.05) is 6.07 Å². The molecule has 0 unspecified atom stereocenters. The Kier molecular flexibility index (Phi) is 3.31. The van der Waals surface area contributed by atoms with Gasteiger partial charge < -0.3 is 14.9 Å². The highest BCUT2D eigenvalue weighted by Gasteiger charge is 2.05. The summed E-state index contributed by atoms with van der Waals surface area (Å²) in [5.41, 5.74) is 2.58. The van der Waals surface area contributed by atoms with Crippen LogP contribution in [0.25, 0.3) is 11.0 Å². The first kappa shape index (κ1) is 12.9. The number of fused-ring (bicyclic) bond motifs is 1. The van der Waals surface area contributed by atoms with E-state index in [9.17, 15) is 4.79 Å². The Labute approximate surface area is 123 Å². The van der Waals surface area contributed by atoms with Crippen LogP contribution in [0.4, 0.5) is 5.82 Å². The first-order chi connectivity index (χ1) is 9.61. The smallest absolute Gasteiger partial charge is 0.323 e. The van der Waals surface area contributed by atoms with Crippen LogP contribution in [0.3, 0.4) is 0 Å². The third-order valence-electron chi connectivity index (χ3n) is 3.10. The molecule has 5 nitrogen and oxygen atoms in total. The second-order valence-corrected chi connectivity index (χ2v) is 5.57. The summed E-state index contributed by atoms with van der Waals surface area (Å²) < 4.78 is 0.959. The van der Waals surface area contributed by atoms with Gasteiger partial charge in [0.2, 0.25) is 0 Å². The van der Waals surface area contributed by atoms with Gasteiger partial charge in [0, 0.05) is 24.3 Å². The highest BCUT2D eigenvalue weighted by Crippen LogP contribution is 2.17. The predicted molar refractivity (Wildman–Crippen MR) is 83.0 cm³/mol. The van der Waals surface area contributed by atoms with E-state index < -0.39 is 0 Å². The van der Waals surface area contributed by atoms with Crippen LogP contribution in [-0.4, -0.2) is 22.0 Å². The molecule has 3 rings (SSSR count). The number of hydrogen-bond donors (Lipinski definition) is 2. The molecule has 0 saturated carbocycles. The first-order valence-corrected chi connectivity index (χ1v) is 6.95. The van der Waals surface area contributed by atoms with Crippen molar-refractivity contribution >= 4 is 32.8 Å². The third kappa shape index (κ3) is 2.60. The lowest BCUT2D eigenvalue weighted by Crippen LogP contribution is -2.17. The van der Waals surface area contributed by atoms with Gasteiger partial charge in [0.05, 0.1) is 11.0 Å². The number of aromatic nitrogens is 3. The van der Waals surface area contributed by atoms with Gasteiger partial charge in [-0.15, -0.1) is 0 Å². The van der Waals surface area contributed by atoms with Gasteiger partial charge >= 0.3 is 5.69 Å². The van der Waals surface area contributed by atoms with Crippen LogP contribution in [0, 0.1) is 0 Å². The molecular weight excluding hydrogens is 320 g/mol. The topological polar surface area (TPSA) is 64.8 Å². The van der Waals surface area contributed by atoms with E-state index in [0.717, 1.165) is 33.4 Å². The van der Waals surface area contributed by atoms with E-state index >= 15 is 0 Å². The maximum absolute atomic E-state index is 11.2. The molecule has 0 aliphatic heterocycles. The molecule has 20 heavy (non-hydrogen) atoms. The lowest BCUT2D eigenvalue weighted by Gasteiger charge is -2.18. The third-order valence-corrected chi connectivity index (χ3v) is 3.57. The summed E-state index contributed by atoms with van der Waals surface area (Å²) in [5, 5.41) is 0. The van der Waals surface area contributed by atoms with E-state index in [1.54, 1.807) is 6.20 Å². The van der Waals surface area contributed by atoms with Crippen LogP contribution >= 0.6 is 15.9 Å². The SMILES string of the molecule is CN(Cc1ccc2[nH]c(=O)[nH]c2c1)c1ccc(Br)cn1. The number of pyridine rings is 1. The molecule has 0 radical (unpaired) electrons. The van der Waals surface area contributed by atoms with Crippen molar-refractivity contribution in [1.82, 2.24) is 15.0 Å². The summed E-state index contributed by atoms with van der Waals surface area (Å²) in [4.78, 5) is 23.2. The van der Waals surface area contributed by atoms with E-state index in [4.69, 9.17) is 0 Å². The van der Waals surface area contributed by atoms with E-state index in [0.29, 0.717) is 0 Å². The summed E-state index contributed by atoms with van der Waals surface area (Å²) >= 11 is 3.37. The molecule has 6 heteroatoms. The largest absolute Gasteiger partial charge is 0.355 e. The Morgan fingerprint density at radius 1 is 1.20 bits per heavy atom. The van der Waals surface area contributed by atoms with Gasteiger partial charge in [0.15, 0.2) is 0 Å². The molecule has 0 aliphatic rings. The molecule has 2 aromatic heterocycles. The Balaban J connectivity index is 1.84. The van der Waals surface area contributed by atoms with Crippen molar-refractivity contribution in [3.05, 3.63) is 57.0 Å². The number of nitrogens with one attached hydrogen (secondary N) is 2. The van der Waals surface area contributed by atoms with Gasteiger partial charge in [-0.2, -0.15) is 0 Å². The van der Waals surface area contributed by atoms with E-state index in [2.05, 4.69) is 35.8 Å². The second kappa shape index (κ2) is 5.13. The number of halogens is 1. The maximum Gasteiger partial charge on any atom is 0.323 e. The number of H-pyrrole nitrogens is 2. The van der Waals surface area contributed by atoms with E-state index in [1.165, 1.54) is 0 Å². The molecule has 0 saturated heterocycles. The number of aromatic amines is 2. The molecule has 2 heterocycles. The highest BCUT2D eigenvalue weighted by atomic mass is 79.9. The minimum absolute atomic E-state index is 0.180. The maximum atomic E-state index is 11.2. The van der Waals surface area contributed by atoms with Crippen molar-refractivity contribution in [3.63, 3.8) is 0 Å². The molecule has 0 fully saturated rings. The number of anilines is 1. The predicted octanol–water partition coefficient (Wildman–Crippen LogP) is 2.65. The van der Waals surface area contributed by atoms with Crippen LogP contribution in [-0.2, 0) is 6.54 Å². The van der Waals surface area contributed by atoms with Crippen LogP contribution in [0.2, 0.25) is 0 Å². The van der Waals surface area contributed by atoms with Crippen LogP contribution in [0.5, 0.6) is 0 Å². The van der Waals surface area contributed by atoms with Crippen molar-refractivity contribution in [2.24, 2.45) is 0 Å². The molecular formula is C14H13BrN4O. The van der Waals surface area contributed by atoms with Crippen molar-refractivity contribution in [2.45, 2.75) is 6.54 Å². The van der Waals surface area contributed by atoms with Crippen molar-refractivity contribution < 1.29 is 0 Å². The van der Waals surface area contributed by atoms with Crippen LogP contribution < -0.4 is 10.6 Å². The van der Waals surface area contributed by atoms with E-state index in [1.807, 2.05) is 37.4 Å². The average molecular weight is 333 g/mol. The lowest BCUT2D eigenvalue weighted by atomic mass is 10.2. The number of nitrogens with zero attached hydrogens (tertiary/aromatic N) is 2. The molecule has 102 valence electrons. The normalized spacial score (nSPS) is 10.9. The molecule has 3 aromatic rings. The lowest BCUT2D eigenvalue weighted by molar-refractivity contribution is 0.898. The minimum atomic E-state index is -0.180. The minimum Gasteiger partial charge on any atom is -0.355 e.